The average Bonchev–Trinajstić information content (AvgIpc) is 3.21. The third kappa shape index (κ3) is 1.91. The zero-order valence-electron chi connectivity index (χ0n) is 17.4. The summed E-state index contributed by atoms with van der Waals surface area (Å²) in [5, 5.41) is 2.71. The van der Waals surface area contributed by atoms with Crippen LogP contribution >= 0.6 is 0 Å². The monoisotopic (exact) mass is 403 g/mol. The third-order valence-electron chi connectivity index (χ3n) is 7.39. The van der Waals surface area contributed by atoms with Crippen LogP contribution < -0.4 is 10.9 Å². The number of benzene rings is 5. The van der Waals surface area contributed by atoms with Gasteiger partial charge in [0.2, 0.25) is 0 Å². The van der Waals surface area contributed by atoms with Crippen molar-refractivity contribution in [2.45, 2.75) is 0 Å². The molecule has 6 aromatic rings. The van der Waals surface area contributed by atoms with Gasteiger partial charge in [-0.2, -0.15) is 0 Å². The van der Waals surface area contributed by atoms with Crippen molar-refractivity contribution in [3.63, 3.8) is 0 Å². The molecule has 1 nitrogen and oxygen atoms in total. The van der Waals surface area contributed by atoms with Crippen molar-refractivity contribution >= 4 is 39.6 Å². The van der Waals surface area contributed by atoms with Gasteiger partial charge in [-0.3, -0.25) is 0 Å². The van der Waals surface area contributed by atoms with E-state index in [4.69, 9.17) is 0 Å². The van der Waals surface area contributed by atoms with E-state index in [1.165, 1.54) is 66.1 Å². The predicted molar refractivity (Wildman–Crippen MR) is 136 cm³/mol. The van der Waals surface area contributed by atoms with Gasteiger partial charge < -0.3 is 4.48 Å². The molecular formula is C30H18BN. The van der Waals surface area contributed by atoms with Crippen LogP contribution in [-0.2, 0) is 0 Å². The number of rotatable bonds is 1. The summed E-state index contributed by atoms with van der Waals surface area (Å²) in [7, 11) is 0. The number of fused-ring (bicyclic) bond motifs is 7. The van der Waals surface area contributed by atoms with E-state index in [-0.39, 0.29) is 6.85 Å². The van der Waals surface area contributed by atoms with Crippen LogP contribution in [0.3, 0.4) is 0 Å². The minimum atomic E-state index is 0.190. The van der Waals surface area contributed by atoms with E-state index in [2.05, 4.69) is 114 Å². The fourth-order valence-electron chi connectivity index (χ4n) is 6.12. The Kier molecular flexibility index (Phi) is 3.02. The van der Waals surface area contributed by atoms with Gasteiger partial charge in [0.1, 0.15) is 0 Å². The predicted octanol–water partition coefficient (Wildman–Crippen LogP) is 6.08. The van der Waals surface area contributed by atoms with Crippen LogP contribution in [0.2, 0.25) is 0 Å². The third-order valence-corrected chi connectivity index (χ3v) is 7.39. The van der Waals surface area contributed by atoms with Crippen molar-refractivity contribution in [3.05, 3.63) is 109 Å². The Balaban J connectivity index is 1.58. The second-order valence-electron chi connectivity index (χ2n) is 8.93. The van der Waals surface area contributed by atoms with Crippen molar-refractivity contribution in [1.82, 2.24) is 4.48 Å². The molecule has 0 amide bonds. The van der Waals surface area contributed by atoms with Crippen molar-refractivity contribution in [2.75, 3.05) is 0 Å². The summed E-state index contributed by atoms with van der Waals surface area (Å²) in [6.45, 7) is 0.190. The fourth-order valence-corrected chi connectivity index (χ4v) is 6.12. The number of para-hydroxylation sites is 2. The van der Waals surface area contributed by atoms with E-state index >= 15 is 0 Å². The SMILES string of the molecule is c1ccc(-c2ccc3c(c2)B2c4ccccc4-c4cccc5c6cccc-3c6n2c45)cc1. The summed E-state index contributed by atoms with van der Waals surface area (Å²) >= 11 is 0. The van der Waals surface area contributed by atoms with Gasteiger partial charge in [0.05, 0.1) is 0 Å². The molecule has 0 fully saturated rings. The van der Waals surface area contributed by atoms with E-state index in [1.54, 1.807) is 0 Å². The molecule has 5 aromatic carbocycles. The molecule has 8 rings (SSSR count). The molecule has 0 bridgehead atoms. The standard InChI is InChI=1S/C30H18BN/c1-2-8-19(9-3-1)20-16-17-22-24-12-7-14-26-25-13-6-11-23-21-10-4-5-15-27(21)31(28(22)18-20)32(29(23)25)30(24)26/h1-18H. The Bertz CT molecular complexity index is 1730. The molecular weight excluding hydrogens is 385 g/mol. The lowest BCUT2D eigenvalue weighted by Crippen LogP contribution is -2.53. The first kappa shape index (κ1) is 16.6. The molecule has 0 saturated carbocycles. The first-order valence-corrected chi connectivity index (χ1v) is 11.2. The van der Waals surface area contributed by atoms with E-state index in [1.807, 2.05) is 0 Å². The summed E-state index contributed by atoms with van der Waals surface area (Å²) in [5.41, 5.74) is 13.5. The molecule has 0 unspecified atom stereocenters. The Morgan fingerprint density at radius 3 is 1.81 bits per heavy atom. The summed E-state index contributed by atoms with van der Waals surface area (Å²) in [4.78, 5) is 0. The number of nitrogens with zero attached hydrogens (tertiary/aromatic N) is 1. The molecule has 1 aromatic heterocycles. The molecule has 0 radical (unpaired) electrons. The zero-order valence-corrected chi connectivity index (χ0v) is 17.4. The van der Waals surface area contributed by atoms with Crippen molar-refractivity contribution < 1.29 is 0 Å². The highest BCUT2D eigenvalue weighted by atomic mass is 14.9. The Labute approximate surface area is 186 Å². The zero-order chi connectivity index (χ0) is 20.8. The average molecular weight is 403 g/mol. The molecule has 0 saturated heterocycles. The van der Waals surface area contributed by atoms with Crippen molar-refractivity contribution in [3.8, 4) is 33.4 Å². The molecule has 2 aliphatic heterocycles. The van der Waals surface area contributed by atoms with Crippen LogP contribution in [-0.4, -0.2) is 11.3 Å². The highest BCUT2D eigenvalue weighted by molar-refractivity contribution is 6.88. The maximum atomic E-state index is 2.62. The highest BCUT2D eigenvalue weighted by Gasteiger charge is 2.38. The maximum Gasteiger partial charge on any atom is 0.329 e. The van der Waals surface area contributed by atoms with Gasteiger partial charge >= 0.3 is 6.85 Å². The molecule has 146 valence electrons. The highest BCUT2D eigenvalue weighted by Crippen LogP contribution is 2.44. The smallest absolute Gasteiger partial charge is 0.329 e. The van der Waals surface area contributed by atoms with Gasteiger partial charge in [0.25, 0.3) is 0 Å². The van der Waals surface area contributed by atoms with Crippen molar-refractivity contribution in [1.29, 1.82) is 0 Å². The lowest BCUT2D eigenvalue weighted by Gasteiger charge is -2.32. The molecule has 0 aliphatic carbocycles. The Morgan fingerprint density at radius 1 is 0.438 bits per heavy atom. The molecule has 2 aliphatic rings. The fraction of sp³-hybridized carbons (Fsp3) is 0. The number of hydrogen-bond donors (Lipinski definition) is 0. The van der Waals surface area contributed by atoms with Crippen LogP contribution in [0, 0.1) is 0 Å². The molecule has 0 atom stereocenters. The van der Waals surface area contributed by atoms with Crippen LogP contribution in [0.1, 0.15) is 0 Å². The maximum absolute atomic E-state index is 2.62. The molecule has 0 spiro atoms. The van der Waals surface area contributed by atoms with E-state index in [9.17, 15) is 0 Å². The Hall–Kier alpha value is -4.04. The van der Waals surface area contributed by atoms with Crippen LogP contribution in [0.25, 0.3) is 55.2 Å². The van der Waals surface area contributed by atoms with Crippen molar-refractivity contribution in [2.24, 2.45) is 0 Å². The summed E-state index contributed by atoms with van der Waals surface area (Å²) in [5.74, 6) is 0. The molecule has 2 heteroatoms. The summed E-state index contributed by atoms with van der Waals surface area (Å²) in [6, 6.07) is 40.3. The van der Waals surface area contributed by atoms with E-state index < -0.39 is 0 Å². The number of hydrogen-bond acceptors (Lipinski definition) is 0. The Morgan fingerprint density at radius 2 is 1.06 bits per heavy atom. The summed E-state index contributed by atoms with van der Waals surface area (Å²) < 4.78 is 2.62. The number of aromatic nitrogens is 1. The van der Waals surface area contributed by atoms with Crippen LogP contribution in [0.15, 0.2) is 109 Å². The minimum Gasteiger partial charge on any atom is -0.375 e. The molecule has 0 N–H and O–H groups in total. The largest absolute Gasteiger partial charge is 0.375 e. The van der Waals surface area contributed by atoms with E-state index in [0.29, 0.717) is 0 Å². The first-order valence-electron chi connectivity index (χ1n) is 11.2. The van der Waals surface area contributed by atoms with Gasteiger partial charge in [-0.05, 0) is 33.2 Å². The first-order chi connectivity index (χ1) is 15.9. The second-order valence-corrected chi connectivity index (χ2v) is 8.93. The van der Waals surface area contributed by atoms with Crippen LogP contribution in [0.5, 0.6) is 0 Å². The van der Waals surface area contributed by atoms with Gasteiger partial charge in [-0.1, -0.05) is 109 Å². The summed E-state index contributed by atoms with van der Waals surface area (Å²) in [6.07, 6.45) is 0. The topological polar surface area (TPSA) is 4.93 Å². The minimum absolute atomic E-state index is 0.190. The normalized spacial score (nSPS) is 12.9. The van der Waals surface area contributed by atoms with Crippen LogP contribution in [0.4, 0.5) is 0 Å². The molecule has 32 heavy (non-hydrogen) atoms. The lowest BCUT2D eigenvalue weighted by atomic mass is 9.45. The van der Waals surface area contributed by atoms with Gasteiger partial charge in [-0.15, -0.1) is 0 Å². The van der Waals surface area contributed by atoms with Gasteiger partial charge in [-0.25, -0.2) is 0 Å². The molecule has 3 heterocycles. The lowest BCUT2D eigenvalue weighted by molar-refractivity contribution is 1.31. The van der Waals surface area contributed by atoms with Gasteiger partial charge in [0, 0.05) is 32.9 Å². The van der Waals surface area contributed by atoms with Gasteiger partial charge in [0.15, 0.2) is 0 Å². The second kappa shape index (κ2) is 5.80. The van der Waals surface area contributed by atoms with E-state index in [0.717, 1.165) is 0 Å². The quantitative estimate of drug-likeness (QED) is 0.293.